The first-order valence-electron chi connectivity index (χ1n) is 13.6. The Morgan fingerprint density at radius 2 is 1.72 bits per heavy atom. The standard InChI is InChI=1S/C29H34N8O6/c1-35(29-30-15-19(16-31-29)20(39)7-6-10-38)17-23-32-24-27(36(23)2)33-26(34-28(24)37-8-11-43-12-9-37)18-13-21(40-3)25(42-5)22(14-18)41-4/h6-7,13-16,38H,8-12,17H2,1-5H3/b7-6+. The number of aliphatic hydroxyl groups is 1. The molecule has 1 aliphatic rings. The zero-order valence-electron chi connectivity index (χ0n) is 24.8. The highest BCUT2D eigenvalue weighted by Gasteiger charge is 2.24. The minimum absolute atomic E-state index is 0.215. The second kappa shape index (κ2) is 13.0. The molecule has 0 saturated carbocycles. The molecule has 14 nitrogen and oxygen atoms in total. The number of carbonyl (C=O) groups is 1. The number of ether oxygens (including phenoxy) is 4. The smallest absolute Gasteiger partial charge is 0.225 e. The van der Waals surface area contributed by atoms with Crippen LogP contribution >= 0.6 is 0 Å². The number of hydrogen-bond acceptors (Lipinski definition) is 13. The van der Waals surface area contributed by atoms with Gasteiger partial charge in [0.1, 0.15) is 5.82 Å². The van der Waals surface area contributed by atoms with E-state index in [1.165, 1.54) is 24.5 Å². The first-order chi connectivity index (χ1) is 20.9. The number of methoxy groups -OCH3 is 3. The highest BCUT2D eigenvalue weighted by molar-refractivity contribution is 6.04. The molecule has 0 unspecified atom stereocenters. The molecule has 4 heterocycles. The van der Waals surface area contributed by atoms with Gasteiger partial charge in [0.05, 0.1) is 53.3 Å². The van der Waals surface area contributed by atoms with E-state index in [1.807, 2.05) is 35.7 Å². The maximum Gasteiger partial charge on any atom is 0.225 e. The summed E-state index contributed by atoms with van der Waals surface area (Å²) >= 11 is 0. The molecule has 1 saturated heterocycles. The molecule has 0 amide bonds. The summed E-state index contributed by atoms with van der Waals surface area (Å²) in [5, 5.41) is 8.90. The van der Waals surface area contributed by atoms with Crippen molar-refractivity contribution in [2.24, 2.45) is 7.05 Å². The van der Waals surface area contributed by atoms with Crippen molar-refractivity contribution >= 4 is 28.7 Å². The van der Waals surface area contributed by atoms with Crippen LogP contribution in [0.4, 0.5) is 11.8 Å². The highest BCUT2D eigenvalue weighted by Crippen LogP contribution is 2.41. The van der Waals surface area contributed by atoms with Crippen LogP contribution in [0.15, 0.2) is 36.7 Å². The van der Waals surface area contributed by atoms with Crippen LogP contribution in [0.3, 0.4) is 0 Å². The molecule has 0 spiro atoms. The molecule has 0 atom stereocenters. The number of anilines is 2. The van der Waals surface area contributed by atoms with Gasteiger partial charge >= 0.3 is 0 Å². The second-order valence-electron chi connectivity index (χ2n) is 9.72. The lowest BCUT2D eigenvalue weighted by Gasteiger charge is -2.28. The van der Waals surface area contributed by atoms with Crippen LogP contribution in [0.2, 0.25) is 0 Å². The number of morpholine rings is 1. The monoisotopic (exact) mass is 590 g/mol. The van der Waals surface area contributed by atoms with Crippen LogP contribution in [0, 0.1) is 0 Å². The molecule has 1 aromatic carbocycles. The molecule has 0 radical (unpaired) electrons. The van der Waals surface area contributed by atoms with Crippen LogP contribution in [-0.2, 0) is 18.3 Å². The highest BCUT2D eigenvalue weighted by atomic mass is 16.5. The van der Waals surface area contributed by atoms with Gasteiger partial charge < -0.3 is 38.4 Å². The van der Waals surface area contributed by atoms with Crippen LogP contribution < -0.4 is 24.0 Å². The summed E-state index contributed by atoms with van der Waals surface area (Å²) in [6.07, 6.45) is 5.59. The summed E-state index contributed by atoms with van der Waals surface area (Å²) in [5.74, 6) is 3.53. The van der Waals surface area contributed by atoms with Gasteiger partial charge in [0, 0.05) is 45.1 Å². The number of benzene rings is 1. The van der Waals surface area contributed by atoms with E-state index in [2.05, 4.69) is 14.9 Å². The van der Waals surface area contributed by atoms with Gasteiger partial charge in [0.2, 0.25) is 11.7 Å². The van der Waals surface area contributed by atoms with Crippen LogP contribution in [-0.4, -0.2) is 102 Å². The Hall–Kier alpha value is -4.82. The van der Waals surface area contributed by atoms with E-state index < -0.39 is 0 Å². The van der Waals surface area contributed by atoms with Crippen LogP contribution in [0.1, 0.15) is 16.2 Å². The van der Waals surface area contributed by atoms with Gasteiger partial charge in [0.25, 0.3) is 0 Å². The quantitative estimate of drug-likeness (QED) is 0.201. The maximum atomic E-state index is 12.2. The van der Waals surface area contributed by atoms with Gasteiger partial charge in [-0.2, -0.15) is 0 Å². The van der Waals surface area contributed by atoms with Gasteiger partial charge in [-0.25, -0.2) is 24.9 Å². The molecular weight excluding hydrogens is 556 g/mol. The van der Waals surface area contributed by atoms with Crippen molar-refractivity contribution < 1.29 is 28.8 Å². The number of imidazole rings is 1. The molecular formula is C29H34N8O6. The summed E-state index contributed by atoms with van der Waals surface area (Å²) in [6, 6.07) is 3.64. The van der Waals surface area contributed by atoms with E-state index in [1.54, 1.807) is 21.3 Å². The molecule has 226 valence electrons. The Kier molecular flexibility index (Phi) is 8.97. The number of fused-ring (bicyclic) bond motifs is 1. The Morgan fingerprint density at radius 3 is 2.33 bits per heavy atom. The lowest BCUT2D eigenvalue weighted by molar-refractivity contribution is 0.104. The van der Waals surface area contributed by atoms with Crippen molar-refractivity contribution in [2.75, 3.05) is 71.1 Å². The molecule has 3 aromatic heterocycles. The molecule has 14 heteroatoms. The average molecular weight is 591 g/mol. The number of allylic oxidation sites excluding steroid dienone is 1. The largest absolute Gasteiger partial charge is 0.493 e. The SMILES string of the molecule is COc1cc(-c2nc(N3CCOCC3)c3nc(CN(C)c4ncc(C(=O)/C=C/CO)cn4)n(C)c3n2)cc(OC)c1OC. The Bertz CT molecular complexity index is 1610. The fourth-order valence-electron chi connectivity index (χ4n) is 4.75. The first kappa shape index (κ1) is 29.7. The number of ketones is 1. The van der Waals surface area contributed by atoms with Gasteiger partial charge in [-0.05, 0) is 18.2 Å². The average Bonchev–Trinajstić information content (AvgIpc) is 3.37. The second-order valence-corrected chi connectivity index (χ2v) is 9.72. The topological polar surface area (TPSA) is 150 Å². The van der Waals surface area contributed by atoms with E-state index in [-0.39, 0.29) is 12.4 Å². The van der Waals surface area contributed by atoms with Gasteiger partial charge in [-0.1, -0.05) is 6.08 Å². The summed E-state index contributed by atoms with van der Waals surface area (Å²) in [5.41, 5.74) is 2.35. The number of aryl methyl sites for hydroxylation is 1. The number of rotatable bonds is 11. The number of aromatic nitrogens is 6. The maximum absolute atomic E-state index is 12.2. The summed E-state index contributed by atoms with van der Waals surface area (Å²) < 4.78 is 24.2. The lowest BCUT2D eigenvalue weighted by atomic mass is 10.1. The third kappa shape index (κ3) is 6.05. The van der Waals surface area contributed by atoms with E-state index in [0.717, 1.165) is 5.82 Å². The fourth-order valence-corrected chi connectivity index (χ4v) is 4.75. The predicted molar refractivity (Wildman–Crippen MR) is 159 cm³/mol. The molecule has 1 N–H and O–H groups in total. The van der Waals surface area contributed by atoms with E-state index in [4.69, 9.17) is 39.0 Å². The summed E-state index contributed by atoms with van der Waals surface area (Å²) in [7, 11) is 8.44. The number of carbonyl (C=O) groups excluding carboxylic acids is 1. The van der Waals surface area contributed by atoms with Gasteiger partial charge in [-0.3, -0.25) is 4.79 Å². The van der Waals surface area contributed by atoms with Gasteiger partial charge in [-0.15, -0.1) is 0 Å². The zero-order valence-corrected chi connectivity index (χ0v) is 24.8. The van der Waals surface area contributed by atoms with E-state index in [0.29, 0.717) is 90.0 Å². The molecule has 1 aliphatic heterocycles. The minimum Gasteiger partial charge on any atom is -0.493 e. The lowest BCUT2D eigenvalue weighted by Crippen LogP contribution is -2.37. The zero-order chi connectivity index (χ0) is 30.5. The molecule has 4 aromatic rings. The fraction of sp³-hybridized carbons (Fsp3) is 0.379. The predicted octanol–water partition coefficient (Wildman–Crippen LogP) is 2.05. The first-order valence-corrected chi connectivity index (χ1v) is 13.6. The Labute approximate surface area is 248 Å². The number of nitrogens with zero attached hydrogens (tertiary/aromatic N) is 8. The molecule has 0 bridgehead atoms. The normalized spacial score (nSPS) is 13.5. The van der Waals surface area contributed by atoms with Crippen molar-refractivity contribution in [1.29, 1.82) is 0 Å². The molecule has 43 heavy (non-hydrogen) atoms. The van der Waals surface area contributed by atoms with E-state index >= 15 is 0 Å². The number of aliphatic hydroxyl groups excluding tert-OH is 1. The van der Waals surface area contributed by atoms with Crippen molar-refractivity contribution in [1.82, 2.24) is 29.5 Å². The van der Waals surface area contributed by atoms with E-state index in [9.17, 15) is 4.79 Å². The third-order valence-corrected chi connectivity index (χ3v) is 7.04. The third-order valence-electron chi connectivity index (χ3n) is 7.04. The summed E-state index contributed by atoms with van der Waals surface area (Å²) in [4.78, 5) is 39.7. The van der Waals surface area contributed by atoms with Crippen molar-refractivity contribution in [3.05, 3.63) is 48.1 Å². The molecule has 0 aliphatic carbocycles. The van der Waals surface area contributed by atoms with Crippen LogP contribution in [0.25, 0.3) is 22.6 Å². The molecule has 1 fully saturated rings. The molecule has 5 rings (SSSR count). The Balaban J connectivity index is 1.54. The minimum atomic E-state index is -0.282. The van der Waals surface area contributed by atoms with Crippen molar-refractivity contribution in [3.63, 3.8) is 0 Å². The summed E-state index contributed by atoms with van der Waals surface area (Å²) in [6.45, 7) is 2.65. The Morgan fingerprint density at radius 1 is 1.05 bits per heavy atom. The van der Waals surface area contributed by atoms with Crippen molar-refractivity contribution in [2.45, 2.75) is 6.54 Å². The van der Waals surface area contributed by atoms with Gasteiger partial charge in [0.15, 0.2) is 40.1 Å². The van der Waals surface area contributed by atoms with Crippen LogP contribution in [0.5, 0.6) is 17.2 Å². The number of hydrogen-bond donors (Lipinski definition) is 1. The van der Waals surface area contributed by atoms with Crippen molar-refractivity contribution in [3.8, 4) is 28.6 Å².